The average Bonchev–Trinajstić information content (AvgIpc) is 2.49. The van der Waals surface area contributed by atoms with Crippen LogP contribution in [0.2, 0.25) is 0 Å². The van der Waals surface area contributed by atoms with Crippen molar-refractivity contribution < 1.29 is 4.74 Å². The molecule has 1 nitrogen and oxygen atoms in total. The number of benzene rings is 2. The van der Waals surface area contributed by atoms with Crippen molar-refractivity contribution in [3.8, 4) is 5.75 Å². The van der Waals surface area contributed by atoms with E-state index in [1.807, 2.05) is 12.1 Å². The summed E-state index contributed by atoms with van der Waals surface area (Å²) in [6.45, 7) is 2.11. The maximum atomic E-state index is 6.13. The van der Waals surface area contributed by atoms with Crippen molar-refractivity contribution in [3.63, 3.8) is 0 Å². The standard InChI is InChI=1S/C18H21ClO/c1-14-3-5-15(6-4-14)11-17(13-19)12-16-7-9-18(20-2)10-8-16/h3-10,17H,11-13H2,1-2H3. The van der Waals surface area contributed by atoms with E-state index in [0.717, 1.165) is 18.6 Å². The molecule has 0 fully saturated rings. The summed E-state index contributed by atoms with van der Waals surface area (Å²) in [4.78, 5) is 0. The molecule has 0 amide bonds. The van der Waals surface area contributed by atoms with Gasteiger partial charge in [-0.15, -0.1) is 11.6 Å². The van der Waals surface area contributed by atoms with Gasteiger partial charge in [0, 0.05) is 5.88 Å². The first kappa shape index (κ1) is 14.9. The van der Waals surface area contributed by atoms with Gasteiger partial charge in [0.25, 0.3) is 0 Å². The lowest BCUT2D eigenvalue weighted by molar-refractivity contribution is 0.414. The first-order valence-electron chi connectivity index (χ1n) is 6.95. The van der Waals surface area contributed by atoms with Crippen LogP contribution in [0.1, 0.15) is 16.7 Å². The number of halogens is 1. The van der Waals surface area contributed by atoms with Crippen LogP contribution in [0.3, 0.4) is 0 Å². The molecular weight excluding hydrogens is 268 g/mol. The lowest BCUT2D eigenvalue weighted by atomic mass is 9.94. The Morgan fingerprint density at radius 1 is 0.900 bits per heavy atom. The highest BCUT2D eigenvalue weighted by Crippen LogP contribution is 2.19. The Morgan fingerprint density at radius 2 is 1.40 bits per heavy atom. The van der Waals surface area contributed by atoms with Gasteiger partial charge in [-0.2, -0.15) is 0 Å². The minimum absolute atomic E-state index is 0.466. The average molecular weight is 289 g/mol. The number of hydrogen-bond acceptors (Lipinski definition) is 1. The third kappa shape index (κ3) is 4.28. The van der Waals surface area contributed by atoms with E-state index in [1.165, 1.54) is 16.7 Å². The smallest absolute Gasteiger partial charge is 0.118 e. The molecule has 0 aromatic heterocycles. The number of hydrogen-bond donors (Lipinski definition) is 0. The molecule has 2 rings (SSSR count). The van der Waals surface area contributed by atoms with Crippen LogP contribution in [0, 0.1) is 12.8 Å². The van der Waals surface area contributed by atoms with Gasteiger partial charge in [-0.1, -0.05) is 42.0 Å². The summed E-state index contributed by atoms with van der Waals surface area (Å²) in [5.41, 5.74) is 3.96. The monoisotopic (exact) mass is 288 g/mol. The van der Waals surface area contributed by atoms with Gasteiger partial charge in [-0.05, 0) is 48.9 Å². The number of aryl methyl sites for hydroxylation is 1. The molecule has 2 aromatic carbocycles. The molecule has 0 spiro atoms. The van der Waals surface area contributed by atoms with E-state index in [0.29, 0.717) is 11.8 Å². The molecule has 1 unspecified atom stereocenters. The molecule has 0 aliphatic heterocycles. The molecule has 20 heavy (non-hydrogen) atoms. The minimum atomic E-state index is 0.466. The van der Waals surface area contributed by atoms with Gasteiger partial charge in [0.2, 0.25) is 0 Å². The second kappa shape index (κ2) is 7.35. The van der Waals surface area contributed by atoms with Crippen LogP contribution in [-0.4, -0.2) is 13.0 Å². The molecule has 0 heterocycles. The molecule has 0 bridgehead atoms. The fraction of sp³-hybridized carbons (Fsp3) is 0.333. The van der Waals surface area contributed by atoms with Gasteiger partial charge < -0.3 is 4.74 Å². The highest BCUT2D eigenvalue weighted by atomic mass is 35.5. The lowest BCUT2D eigenvalue weighted by Gasteiger charge is -2.14. The number of rotatable bonds is 6. The predicted molar refractivity (Wildman–Crippen MR) is 85.8 cm³/mol. The van der Waals surface area contributed by atoms with Gasteiger partial charge in [-0.3, -0.25) is 0 Å². The van der Waals surface area contributed by atoms with E-state index in [-0.39, 0.29) is 0 Å². The molecule has 0 radical (unpaired) electrons. The van der Waals surface area contributed by atoms with Crippen molar-refractivity contribution in [1.29, 1.82) is 0 Å². The fourth-order valence-electron chi connectivity index (χ4n) is 2.33. The molecule has 0 saturated carbocycles. The Kier molecular flexibility index (Phi) is 5.49. The van der Waals surface area contributed by atoms with Crippen molar-refractivity contribution in [1.82, 2.24) is 0 Å². The normalized spacial score (nSPS) is 12.2. The lowest BCUT2D eigenvalue weighted by Crippen LogP contribution is -2.10. The van der Waals surface area contributed by atoms with Crippen molar-refractivity contribution in [3.05, 3.63) is 65.2 Å². The molecule has 2 heteroatoms. The fourth-order valence-corrected chi connectivity index (χ4v) is 2.55. The molecule has 0 saturated heterocycles. The van der Waals surface area contributed by atoms with Crippen LogP contribution in [0.15, 0.2) is 48.5 Å². The van der Waals surface area contributed by atoms with E-state index in [9.17, 15) is 0 Å². The Morgan fingerprint density at radius 3 is 1.85 bits per heavy atom. The number of ether oxygens (including phenoxy) is 1. The second-order valence-electron chi connectivity index (χ2n) is 5.26. The highest BCUT2D eigenvalue weighted by Gasteiger charge is 2.10. The first-order chi connectivity index (χ1) is 9.71. The molecule has 1 atom stereocenters. The summed E-state index contributed by atoms with van der Waals surface area (Å²) < 4.78 is 5.18. The van der Waals surface area contributed by atoms with Crippen LogP contribution >= 0.6 is 11.6 Å². The van der Waals surface area contributed by atoms with Crippen molar-refractivity contribution >= 4 is 11.6 Å². The molecule has 0 aliphatic carbocycles. The largest absolute Gasteiger partial charge is 0.497 e. The molecule has 106 valence electrons. The Bertz CT molecular complexity index is 516. The molecular formula is C18H21ClO. The molecule has 0 aliphatic rings. The van der Waals surface area contributed by atoms with E-state index in [1.54, 1.807) is 7.11 Å². The first-order valence-corrected chi connectivity index (χ1v) is 7.49. The predicted octanol–water partition coefficient (Wildman–Crippen LogP) is 4.64. The van der Waals surface area contributed by atoms with Crippen LogP contribution in [0.4, 0.5) is 0 Å². The van der Waals surface area contributed by atoms with Crippen LogP contribution < -0.4 is 4.74 Å². The maximum absolute atomic E-state index is 6.13. The Labute approximate surface area is 126 Å². The number of alkyl halides is 1. The molecule has 2 aromatic rings. The van der Waals surface area contributed by atoms with Gasteiger partial charge >= 0.3 is 0 Å². The van der Waals surface area contributed by atoms with Crippen LogP contribution in [0.25, 0.3) is 0 Å². The van der Waals surface area contributed by atoms with Crippen molar-refractivity contribution in [2.24, 2.45) is 5.92 Å². The van der Waals surface area contributed by atoms with E-state index in [4.69, 9.17) is 16.3 Å². The maximum Gasteiger partial charge on any atom is 0.118 e. The minimum Gasteiger partial charge on any atom is -0.497 e. The summed E-state index contributed by atoms with van der Waals surface area (Å²) in [5, 5.41) is 0. The molecule has 0 N–H and O–H groups in total. The summed E-state index contributed by atoms with van der Waals surface area (Å²) in [7, 11) is 1.69. The zero-order valence-electron chi connectivity index (χ0n) is 12.1. The van der Waals surface area contributed by atoms with Gasteiger partial charge in [-0.25, -0.2) is 0 Å². The van der Waals surface area contributed by atoms with Gasteiger partial charge in [0.1, 0.15) is 5.75 Å². The third-order valence-electron chi connectivity index (χ3n) is 3.55. The SMILES string of the molecule is COc1ccc(CC(CCl)Cc2ccc(C)cc2)cc1. The Hall–Kier alpha value is -1.47. The summed E-state index contributed by atoms with van der Waals surface area (Å²) >= 11 is 6.13. The van der Waals surface area contributed by atoms with Crippen molar-refractivity contribution in [2.75, 3.05) is 13.0 Å². The van der Waals surface area contributed by atoms with E-state index in [2.05, 4.69) is 43.3 Å². The zero-order chi connectivity index (χ0) is 14.4. The quantitative estimate of drug-likeness (QED) is 0.704. The van der Waals surface area contributed by atoms with E-state index >= 15 is 0 Å². The van der Waals surface area contributed by atoms with Crippen LogP contribution in [0.5, 0.6) is 5.75 Å². The van der Waals surface area contributed by atoms with Gasteiger partial charge in [0.05, 0.1) is 7.11 Å². The highest BCUT2D eigenvalue weighted by molar-refractivity contribution is 6.18. The van der Waals surface area contributed by atoms with Crippen LogP contribution in [-0.2, 0) is 12.8 Å². The summed E-state index contributed by atoms with van der Waals surface area (Å²) in [6.07, 6.45) is 2.02. The summed E-state index contributed by atoms with van der Waals surface area (Å²) in [6, 6.07) is 17.0. The topological polar surface area (TPSA) is 9.23 Å². The Balaban J connectivity index is 1.99. The summed E-state index contributed by atoms with van der Waals surface area (Å²) in [5.74, 6) is 2.04. The second-order valence-corrected chi connectivity index (χ2v) is 5.57. The van der Waals surface area contributed by atoms with E-state index < -0.39 is 0 Å². The zero-order valence-corrected chi connectivity index (χ0v) is 12.9. The third-order valence-corrected chi connectivity index (χ3v) is 3.98. The number of methoxy groups -OCH3 is 1. The van der Waals surface area contributed by atoms with Gasteiger partial charge in [0.15, 0.2) is 0 Å². The van der Waals surface area contributed by atoms with Crippen molar-refractivity contribution in [2.45, 2.75) is 19.8 Å².